The molecule has 1 saturated heterocycles. The average Bonchev–Trinajstić information content (AvgIpc) is 2.75. The fourth-order valence-electron chi connectivity index (χ4n) is 2.76. The van der Waals surface area contributed by atoms with Crippen molar-refractivity contribution in [1.82, 2.24) is 9.62 Å². The quantitative estimate of drug-likeness (QED) is 0.774. The maximum Gasteiger partial charge on any atom is 0.417 e. The van der Waals surface area contributed by atoms with Crippen LogP contribution >= 0.6 is 0 Å². The molecule has 0 radical (unpaired) electrons. The van der Waals surface area contributed by atoms with Crippen molar-refractivity contribution >= 4 is 15.9 Å². The van der Waals surface area contributed by atoms with Crippen molar-refractivity contribution in [3.05, 3.63) is 29.8 Å². The van der Waals surface area contributed by atoms with Gasteiger partial charge in [-0.2, -0.15) is 13.2 Å². The van der Waals surface area contributed by atoms with Gasteiger partial charge in [-0.25, -0.2) is 13.1 Å². The van der Waals surface area contributed by atoms with Gasteiger partial charge in [-0.05, 0) is 31.4 Å². The number of nitrogens with one attached hydrogen (secondary N) is 1. The zero-order valence-corrected chi connectivity index (χ0v) is 14.5. The highest BCUT2D eigenvalue weighted by Crippen LogP contribution is 2.33. The minimum atomic E-state index is -4.75. The number of amides is 1. The van der Waals surface area contributed by atoms with E-state index in [0.29, 0.717) is 25.9 Å². The molecule has 25 heavy (non-hydrogen) atoms. The predicted octanol–water partition coefficient (Wildman–Crippen LogP) is 2.78. The van der Waals surface area contributed by atoms with Gasteiger partial charge in [-0.3, -0.25) is 4.79 Å². The number of likely N-dealkylation sites (tertiary alicyclic amines) is 1. The Morgan fingerprint density at radius 1 is 1.12 bits per heavy atom. The van der Waals surface area contributed by atoms with Crippen molar-refractivity contribution in [2.45, 2.75) is 43.2 Å². The normalized spacial score (nSPS) is 16.8. The molecule has 1 aliphatic heterocycles. The number of alkyl halides is 3. The summed E-state index contributed by atoms with van der Waals surface area (Å²) in [6.45, 7) is 1.00. The molecule has 9 heteroatoms. The highest BCUT2D eigenvalue weighted by atomic mass is 32.2. The molecule has 1 amide bonds. The van der Waals surface area contributed by atoms with Crippen LogP contribution in [0.3, 0.4) is 0 Å². The monoisotopic (exact) mass is 378 g/mol. The smallest absolute Gasteiger partial charge is 0.343 e. The molecule has 1 aromatic carbocycles. The average molecular weight is 378 g/mol. The molecule has 1 N–H and O–H groups in total. The van der Waals surface area contributed by atoms with E-state index >= 15 is 0 Å². The van der Waals surface area contributed by atoms with Crippen molar-refractivity contribution in [2.75, 3.05) is 19.6 Å². The summed E-state index contributed by atoms with van der Waals surface area (Å²) in [5.74, 6) is 0.0442. The summed E-state index contributed by atoms with van der Waals surface area (Å²) in [6.07, 6.45) is -1.15. The third-order valence-electron chi connectivity index (χ3n) is 4.05. The topological polar surface area (TPSA) is 66.5 Å². The molecule has 1 aliphatic rings. The largest absolute Gasteiger partial charge is 0.417 e. The van der Waals surface area contributed by atoms with E-state index in [9.17, 15) is 26.4 Å². The standard InChI is InChI=1S/C16H21F3N2O3S/c17-16(18,19)13-7-3-4-8-14(13)25(23,24)20-10-6-12-21-11-5-1-2-9-15(21)22/h3-4,7-8,20H,1-2,5-6,9-12H2. The first-order valence-corrected chi connectivity index (χ1v) is 9.64. The molecule has 0 atom stereocenters. The SMILES string of the molecule is O=C1CCCCCN1CCCNS(=O)(=O)c1ccccc1C(F)(F)F. The lowest BCUT2D eigenvalue weighted by Gasteiger charge is -2.20. The van der Waals surface area contributed by atoms with Crippen LogP contribution in [0, 0.1) is 0 Å². The maximum absolute atomic E-state index is 13.0. The minimum Gasteiger partial charge on any atom is -0.343 e. The van der Waals surface area contributed by atoms with Gasteiger partial charge in [0.1, 0.15) is 0 Å². The second-order valence-electron chi connectivity index (χ2n) is 5.94. The van der Waals surface area contributed by atoms with Crippen LogP contribution in [-0.2, 0) is 21.0 Å². The summed E-state index contributed by atoms with van der Waals surface area (Å²) in [5.41, 5.74) is -1.19. The molecule has 1 fully saturated rings. The molecule has 0 spiro atoms. The Balaban J connectivity index is 1.95. The summed E-state index contributed by atoms with van der Waals surface area (Å²) in [5, 5.41) is 0. The van der Waals surface area contributed by atoms with Crippen molar-refractivity contribution in [3.8, 4) is 0 Å². The summed E-state index contributed by atoms with van der Waals surface area (Å²) in [7, 11) is -4.27. The van der Waals surface area contributed by atoms with Crippen LogP contribution in [0.5, 0.6) is 0 Å². The van der Waals surface area contributed by atoms with Gasteiger partial charge < -0.3 is 4.90 Å². The van der Waals surface area contributed by atoms with Crippen LogP contribution in [0.15, 0.2) is 29.2 Å². The zero-order valence-electron chi connectivity index (χ0n) is 13.7. The molecule has 5 nitrogen and oxygen atoms in total. The van der Waals surface area contributed by atoms with E-state index in [0.717, 1.165) is 37.5 Å². The first kappa shape index (κ1) is 19.7. The van der Waals surface area contributed by atoms with Crippen molar-refractivity contribution in [2.24, 2.45) is 0 Å². The van der Waals surface area contributed by atoms with Gasteiger partial charge in [0.2, 0.25) is 15.9 Å². The summed E-state index contributed by atoms with van der Waals surface area (Å²) in [4.78, 5) is 12.7. The summed E-state index contributed by atoms with van der Waals surface area (Å²) < 4.78 is 65.4. The third-order valence-corrected chi connectivity index (χ3v) is 5.57. The first-order valence-electron chi connectivity index (χ1n) is 8.15. The number of carbonyl (C=O) groups is 1. The van der Waals surface area contributed by atoms with Crippen LogP contribution in [0.1, 0.15) is 37.7 Å². The fourth-order valence-corrected chi connectivity index (χ4v) is 4.06. The lowest BCUT2D eigenvalue weighted by molar-refractivity contribution is -0.140. The molecule has 0 aliphatic carbocycles. The highest BCUT2D eigenvalue weighted by molar-refractivity contribution is 7.89. The number of nitrogens with zero attached hydrogens (tertiary/aromatic N) is 1. The number of carbonyl (C=O) groups excluding carboxylic acids is 1. The second kappa shape index (κ2) is 8.18. The molecule has 2 rings (SSSR count). The third kappa shape index (κ3) is 5.43. The Morgan fingerprint density at radius 3 is 2.56 bits per heavy atom. The van der Waals surface area contributed by atoms with E-state index in [4.69, 9.17) is 0 Å². The fraction of sp³-hybridized carbons (Fsp3) is 0.562. The van der Waals surface area contributed by atoms with Crippen molar-refractivity contribution < 1.29 is 26.4 Å². The second-order valence-corrected chi connectivity index (χ2v) is 7.67. The van der Waals surface area contributed by atoms with E-state index in [2.05, 4.69) is 4.72 Å². The Labute approximate surface area is 145 Å². The van der Waals surface area contributed by atoms with E-state index in [-0.39, 0.29) is 12.5 Å². The summed E-state index contributed by atoms with van der Waals surface area (Å²) in [6, 6.07) is 4.07. The minimum absolute atomic E-state index is 0.0295. The predicted molar refractivity (Wildman–Crippen MR) is 86.3 cm³/mol. The number of sulfonamides is 1. The molecule has 0 bridgehead atoms. The lowest BCUT2D eigenvalue weighted by atomic mass is 10.2. The van der Waals surface area contributed by atoms with Crippen LogP contribution in [0.25, 0.3) is 0 Å². The molecular weight excluding hydrogens is 357 g/mol. The van der Waals surface area contributed by atoms with Gasteiger partial charge in [-0.15, -0.1) is 0 Å². The zero-order chi connectivity index (χ0) is 18.5. The summed E-state index contributed by atoms with van der Waals surface area (Å²) >= 11 is 0. The van der Waals surface area contributed by atoms with Crippen LogP contribution in [-0.4, -0.2) is 38.9 Å². The van der Waals surface area contributed by atoms with Crippen LogP contribution in [0.4, 0.5) is 13.2 Å². The number of hydrogen-bond acceptors (Lipinski definition) is 3. The van der Waals surface area contributed by atoms with E-state index in [1.54, 1.807) is 4.90 Å². The molecule has 0 unspecified atom stereocenters. The highest BCUT2D eigenvalue weighted by Gasteiger charge is 2.36. The van der Waals surface area contributed by atoms with Gasteiger partial charge >= 0.3 is 6.18 Å². The van der Waals surface area contributed by atoms with E-state index in [1.807, 2.05) is 0 Å². The van der Waals surface area contributed by atoms with Crippen LogP contribution in [0.2, 0.25) is 0 Å². The molecule has 1 heterocycles. The number of benzene rings is 1. The Hall–Kier alpha value is -1.61. The van der Waals surface area contributed by atoms with Gasteiger partial charge in [0, 0.05) is 26.1 Å². The van der Waals surface area contributed by atoms with Crippen molar-refractivity contribution in [1.29, 1.82) is 0 Å². The number of hydrogen-bond donors (Lipinski definition) is 1. The Kier molecular flexibility index (Phi) is 6.45. The van der Waals surface area contributed by atoms with Crippen LogP contribution < -0.4 is 4.72 Å². The molecular formula is C16H21F3N2O3S. The Morgan fingerprint density at radius 2 is 1.84 bits per heavy atom. The molecule has 0 saturated carbocycles. The maximum atomic E-state index is 13.0. The van der Waals surface area contributed by atoms with Crippen molar-refractivity contribution in [3.63, 3.8) is 0 Å². The molecule has 140 valence electrons. The van der Waals surface area contributed by atoms with E-state index in [1.165, 1.54) is 6.07 Å². The van der Waals surface area contributed by atoms with Gasteiger partial charge in [0.25, 0.3) is 0 Å². The molecule has 0 aromatic heterocycles. The molecule has 1 aromatic rings. The number of rotatable bonds is 6. The first-order chi connectivity index (χ1) is 11.7. The van der Waals surface area contributed by atoms with Gasteiger partial charge in [0.15, 0.2) is 0 Å². The van der Waals surface area contributed by atoms with E-state index < -0.39 is 26.7 Å². The van der Waals surface area contributed by atoms with Gasteiger partial charge in [-0.1, -0.05) is 18.6 Å². The Bertz CT molecular complexity index is 705. The number of halogens is 3. The lowest BCUT2D eigenvalue weighted by Crippen LogP contribution is -2.34. The van der Waals surface area contributed by atoms with Gasteiger partial charge in [0.05, 0.1) is 10.5 Å².